The molecule has 0 radical (unpaired) electrons. The smallest absolute Gasteiger partial charge is 0.431 e. The van der Waals surface area contributed by atoms with Crippen LogP contribution in [0.15, 0.2) is 0 Å². The second kappa shape index (κ2) is 7.96. The van der Waals surface area contributed by atoms with Crippen LogP contribution in [-0.2, 0) is 19.0 Å². The van der Waals surface area contributed by atoms with E-state index in [2.05, 4.69) is 9.47 Å². The zero-order valence-electron chi connectivity index (χ0n) is 6.39. The molecule has 6 heteroatoms. The molecule has 0 saturated heterocycles. The minimum Gasteiger partial charge on any atom is -0.431 e. The van der Waals surface area contributed by atoms with Crippen molar-refractivity contribution in [3.05, 3.63) is 0 Å². The van der Waals surface area contributed by atoms with Crippen molar-refractivity contribution in [1.29, 1.82) is 0 Å². The lowest BCUT2D eigenvalue weighted by molar-refractivity contribution is -0.125. The van der Waals surface area contributed by atoms with Gasteiger partial charge in [-0.25, -0.2) is 4.79 Å². The van der Waals surface area contributed by atoms with Crippen LogP contribution in [0.3, 0.4) is 0 Å². The highest BCUT2D eigenvalue weighted by atomic mass is 16.7. The van der Waals surface area contributed by atoms with Crippen LogP contribution < -0.4 is 0 Å². The molecule has 0 bridgehead atoms. The predicted octanol–water partition coefficient (Wildman–Crippen LogP) is -0.695. The molecule has 0 saturated carbocycles. The van der Waals surface area contributed by atoms with Crippen molar-refractivity contribution >= 4 is 12.6 Å². The SMILES string of the molecule is O=COC(=O)OCCOCCO. The summed E-state index contributed by atoms with van der Waals surface area (Å²) in [5, 5.41) is 8.26. The third-order valence-electron chi connectivity index (χ3n) is 0.828. The minimum atomic E-state index is -1.06. The van der Waals surface area contributed by atoms with Crippen molar-refractivity contribution in [3.63, 3.8) is 0 Å². The van der Waals surface area contributed by atoms with Gasteiger partial charge in [-0.05, 0) is 0 Å². The van der Waals surface area contributed by atoms with Crippen LogP contribution in [0.2, 0.25) is 0 Å². The maximum absolute atomic E-state index is 10.3. The molecule has 70 valence electrons. The Balaban J connectivity index is 3.08. The van der Waals surface area contributed by atoms with Gasteiger partial charge < -0.3 is 19.3 Å². The van der Waals surface area contributed by atoms with Crippen molar-refractivity contribution in [2.45, 2.75) is 0 Å². The summed E-state index contributed by atoms with van der Waals surface area (Å²) in [6.45, 7) is 0.239. The Hall–Kier alpha value is -1.14. The van der Waals surface area contributed by atoms with Gasteiger partial charge in [-0.3, -0.25) is 4.79 Å². The molecule has 0 heterocycles. The Bertz CT molecular complexity index is 134. The van der Waals surface area contributed by atoms with Gasteiger partial charge in [0.05, 0.1) is 19.8 Å². The van der Waals surface area contributed by atoms with Crippen molar-refractivity contribution < 1.29 is 28.9 Å². The van der Waals surface area contributed by atoms with E-state index < -0.39 is 6.16 Å². The van der Waals surface area contributed by atoms with Crippen molar-refractivity contribution in [1.82, 2.24) is 0 Å². The fourth-order valence-electron chi connectivity index (χ4n) is 0.424. The molecular formula is C6H10O6. The van der Waals surface area contributed by atoms with Gasteiger partial charge in [0.25, 0.3) is 0 Å². The topological polar surface area (TPSA) is 82.1 Å². The molecule has 0 aromatic heterocycles. The Morgan fingerprint density at radius 1 is 1.33 bits per heavy atom. The molecule has 0 aromatic carbocycles. The maximum Gasteiger partial charge on any atom is 0.516 e. The maximum atomic E-state index is 10.3. The van der Waals surface area contributed by atoms with Crippen LogP contribution in [0.25, 0.3) is 0 Å². The number of hydrogen-bond donors (Lipinski definition) is 1. The van der Waals surface area contributed by atoms with Crippen LogP contribution in [0.4, 0.5) is 4.79 Å². The van der Waals surface area contributed by atoms with Gasteiger partial charge in [-0.2, -0.15) is 0 Å². The number of hydrogen-bond acceptors (Lipinski definition) is 6. The number of carbonyl (C=O) groups excluding carboxylic acids is 2. The molecule has 6 nitrogen and oxygen atoms in total. The van der Waals surface area contributed by atoms with E-state index in [4.69, 9.17) is 9.84 Å². The summed E-state index contributed by atoms with van der Waals surface area (Å²) in [6.07, 6.45) is -1.06. The van der Waals surface area contributed by atoms with Gasteiger partial charge >= 0.3 is 12.6 Å². The Kier molecular flexibility index (Phi) is 7.21. The van der Waals surface area contributed by atoms with Gasteiger partial charge in [0.1, 0.15) is 6.61 Å². The molecule has 0 fully saturated rings. The largest absolute Gasteiger partial charge is 0.516 e. The van der Waals surface area contributed by atoms with E-state index in [9.17, 15) is 9.59 Å². The van der Waals surface area contributed by atoms with E-state index in [0.717, 1.165) is 0 Å². The highest BCUT2D eigenvalue weighted by Gasteiger charge is 2.00. The average molecular weight is 178 g/mol. The van der Waals surface area contributed by atoms with Crippen LogP contribution in [0.5, 0.6) is 0 Å². The number of aliphatic hydroxyl groups excluding tert-OH is 1. The fraction of sp³-hybridized carbons (Fsp3) is 0.667. The fourth-order valence-corrected chi connectivity index (χ4v) is 0.424. The molecule has 0 aliphatic heterocycles. The lowest BCUT2D eigenvalue weighted by Crippen LogP contribution is -2.12. The summed E-state index contributed by atoms with van der Waals surface area (Å²) >= 11 is 0. The summed E-state index contributed by atoms with van der Waals surface area (Å²) in [7, 11) is 0. The third-order valence-corrected chi connectivity index (χ3v) is 0.828. The molecule has 12 heavy (non-hydrogen) atoms. The average Bonchev–Trinajstić information content (AvgIpc) is 2.05. The highest BCUT2D eigenvalue weighted by molar-refractivity contribution is 5.69. The number of carbonyl (C=O) groups is 2. The van der Waals surface area contributed by atoms with Crippen molar-refractivity contribution in [3.8, 4) is 0 Å². The Morgan fingerprint density at radius 3 is 2.67 bits per heavy atom. The highest BCUT2D eigenvalue weighted by Crippen LogP contribution is 1.82. The summed E-state index contributed by atoms with van der Waals surface area (Å²) in [5.74, 6) is 0. The second-order valence-electron chi connectivity index (χ2n) is 1.65. The van der Waals surface area contributed by atoms with Crippen LogP contribution >= 0.6 is 0 Å². The van der Waals surface area contributed by atoms with Gasteiger partial charge in [0, 0.05) is 0 Å². The number of aliphatic hydroxyl groups is 1. The molecule has 0 atom stereocenters. The van der Waals surface area contributed by atoms with Crippen molar-refractivity contribution in [2.24, 2.45) is 0 Å². The molecule has 0 unspecified atom stereocenters. The number of rotatable bonds is 6. The van der Waals surface area contributed by atoms with Gasteiger partial charge in [0.15, 0.2) is 0 Å². The van der Waals surface area contributed by atoms with E-state index in [0.29, 0.717) is 0 Å². The summed E-state index contributed by atoms with van der Waals surface area (Å²) < 4.78 is 12.9. The van der Waals surface area contributed by atoms with Gasteiger partial charge in [-0.15, -0.1) is 0 Å². The van der Waals surface area contributed by atoms with E-state index in [1.807, 2.05) is 0 Å². The lowest BCUT2D eigenvalue weighted by atomic mass is 10.7. The lowest BCUT2D eigenvalue weighted by Gasteiger charge is -2.01. The first kappa shape index (κ1) is 10.9. The van der Waals surface area contributed by atoms with Crippen LogP contribution in [0, 0.1) is 0 Å². The van der Waals surface area contributed by atoms with E-state index in [-0.39, 0.29) is 32.9 Å². The molecule has 0 amide bonds. The molecule has 1 N–H and O–H groups in total. The third kappa shape index (κ3) is 6.97. The predicted molar refractivity (Wildman–Crippen MR) is 36.4 cm³/mol. The van der Waals surface area contributed by atoms with Crippen molar-refractivity contribution in [2.75, 3.05) is 26.4 Å². The Morgan fingerprint density at radius 2 is 2.08 bits per heavy atom. The number of ether oxygens (including phenoxy) is 3. The normalized spacial score (nSPS) is 9.08. The first-order valence-electron chi connectivity index (χ1n) is 3.27. The summed E-state index contributed by atoms with van der Waals surface area (Å²) in [6, 6.07) is 0. The quantitative estimate of drug-likeness (QED) is 0.251. The second-order valence-corrected chi connectivity index (χ2v) is 1.65. The summed E-state index contributed by atoms with van der Waals surface area (Å²) in [5.41, 5.74) is 0. The molecule has 0 spiro atoms. The van der Waals surface area contributed by atoms with Crippen LogP contribution in [-0.4, -0.2) is 44.2 Å². The zero-order chi connectivity index (χ0) is 9.23. The molecule has 0 aliphatic rings. The zero-order valence-corrected chi connectivity index (χ0v) is 6.39. The monoisotopic (exact) mass is 178 g/mol. The standard InChI is InChI=1S/C6H10O6/c7-1-2-10-3-4-11-6(9)12-5-8/h5,7H,1-4H2. The minimum absolute atomic E-state index is 0.00727. The molecule has 0 aromatic rings. The first-order chi connectivity index (χ1) is 5.81. The first-order valence-corrected chi connectivity index (χ1v) is 3.27. The van der Waals surface area contributed by atoms with Gasteiger partial charge in [-0.1, -0.05) is 0 Å². The van der Waals surface area contributed by atoms with Gasteiger partial charge in [0.2, 0.25) is 0 Å². The molecule has 0 aliphatic carbocycles. The summed E-state index contributed by atoms with van der Waals surface area (Å²) in [4.78, 5) is 19.9. The Labute approximate surface area is 69.0 Å². The molecule has 0 rings (SSSR count). The van der Waals surface area contributed by atoms with E-state index in [1.54, 1.807) is 0 Å². The van der Waals surface area contributed by atoms with Crippen LogP contribution in [0.1, 0.15) is 0 Å². The molecular weight excluding hydrogens is 168 g/mol. The van der Waals surface area contributed by atoms with E-state index >= 15 is 0 Å². The van der Waals surface area contributed by atoms with E-state index in [1.165, 1.54) is 0 Å².